The van der Waals surface area contributed by atoms with Crippen LogP contribution in [0, 0.1) is 5.92 Å². The van der Waals surface area contributed by atoms with Gasteiger partial charge in [0.25, 0.3) is 10.0 Å². The zero-order valence-corrected chi connectivity index (χ0v) is 13.0. The highest BCUT2D eigenvalue weighted by atomic mass is 32.2. The SMILES string of the molecule is CCC(CC)CNS(=O)(=O)c1c(NN)nc2ccccn12. The number of aromatic nitrogens is 2. The number of imidazole rings is 1. The molecular formula is C13H21N5O2S. The first-order valence-electron chi connectivity index (χ1n) is 6.96. The summed E-state index contributed by atoms with van der Waals surface area (Å²) in [5.74, 6) is 5.85. The van der Waals surface area contributed by atoms with Crippen LogP contribution >= 0.6 is 0 Å². The summed E-state index contributed by atoms with van der Waals surface area (Å²) >= 11 is 0. The molecule has 2 aromatic rings. The average Bonchev–Trinajstić information content (AvgIpc) is 2.87. The zero-order valence-electron chi connectivity index (χ0n) is 12.2. The molecule has 0 radical (unpaired) electrons. The van der Waals surface area contributed by atoms with Crippen molar-refractivity contribution in [2.75, 3.05) is 12.0 Å². The maximum Gasteiger partial charge on any atom is 0.260 e. The Labute approximate surface area is 124 Å². The van der Waals surface area contributed by atoms with Gasteiger partial charge in [-0.25, -0.2) is 24.0 Å². The van der Waals surface area contributed by atoms with Crippen LogP contribution in [0.4, 0.5) is 5.82 Å². The van der Waals surface area contributed by atoms with Crippen molar-refractivity contribution in [1.82, 2.24) is 14.1 Å². The maximum atomic E-state index is 12.6. The van der Waals surface area contributed by atoms with Crippen LogP contribution in [-0.2, 0) is 10.0 Å². The molecule has 0 spiro atoms. The first kappa shape index (κ1) is 15.7. The Hall–Kier alpha value is -1.64. The van der Waals surface area contributed by atoms with Gasteiger partial charge in [-0.05, 0) is 18.1 Å². The van der Waals surface area contributed by atoms with Gasteiger partial charge in [0.2, 0.25) is 0 Å². The number of hydrazine groups is 1. The first-order valence-corrected chi connectivity index (χ1v) is 8.45. The summed E-state index contributed by atoms with van der Waals surface area (Å²) in [4.78, 5) is 4.17. The number of rotatable bonds is 7. The average molecular weight is 311 g/mol. The molecule has 21 heavy (non-hydrogen) atoms. The Morgan fingerprint density at radius 2 is 2.05 bits per heavy atom. The van der Waals surface area contributed by atoms with Gasteiger partial charge in [-0.2, -0.15) is 0 Å². The third kappa shape index (κ3) is 3.17. The molecule has 0 aliphatic carbocycles. The van der Waals surface area contributed by atoms with Crippen LogP contribution in [0.15, 0.2) is 29.4 Å². The van der Waals surface area contributed by atoms with Crippen molar-refractivity contribution in [3.05, 3.63) is 24.4 Å². The lowest BCUT2D eigenvalue weighted by Crippen LogP contribution is -2.30. The second kappa shape index (κ2) is 6.42. The van der Waals surface area contributed by atoms with Gasteiger partial charge >= 0.3 is 0 Å². The molecule has 0 aliphatic rings. The molecule has 4 N–H and O–H groups in total. The van der Waals surface area contributed by atoms with E-state index < -0.39 is 10.0 Å². The smallest absolute Gasteiger partial charge is 0.260 e. The van der Waals surface area contributed by atoms with E-state index in [4.69, 9.17) is 5.84 Å². The number of pyridine rings is 1. The monoisotopic (exact) mass is 311 g/mol. The van der Waals surface area contributed by atoms with Gasteiger partial charge < -0.3 is 5.43 Å². The lowest BCUT2D eigenvalue weighted by Gasteiger charge is -2.14. The fourth-order valence-corrected chi connectivity index (χ4v) is 3.56. The van der Waals surface area contributed by atoms with E-state index >= 15 is 0 Å². The van der Waals surface area contributed by atoms with E-state index in [0.717, 1.165) is 12.8 Å². The van der Waals surface area contributed by atoms with Crippen LogP contribution in [0.25, 0.3) is 5.65 Å². The van der Waals surface area contributed by atoms with Crippen molar-refractivity contribution >= 4 is 21.5 Å². The van der Waals surface area contributed by atoms with Gasteiger partial charge in [0.15, 0.2) is 10.8 Å². The Morgan fingerprint density at radius 1 is 1.33 bits per heavy atom. The molecule has 2 rings (SSSR count). The second-order valence-electron chi connectivity index (χ2n) is 4.87. The third-order valence-electron chi connectivity index (χ3n) is 3.59. The molecule has 0 bridgehead atoms. The van der Waals surface area contributed by atoms with Crippen molar-refractivity contribution in [3.63, 3.8) is 0 Å². The lowest BCUT2D eigenvalue weighted by atomic mass is 10.0. The molecule has 116 valence electrons. The normalized spacial score (nSPS) is 12.2. The predicted octanol–water partition coefficient (Wildman–Crippen LogP) is 1.33. The molecule has 0 saturated heterocycles. The second-order valence-corrected chi connectivity index (χ2v) is 6.56. The predicted molar refractivity (Wildman–Crippen MR) is 82.3 cm³/mol. The van der Waals surface area contributed by atoms with E-state index in [-0.39, 0.29) is 10.8 Å². The molecule has 0 atom stereocenters. The van der Waals surface area contributed by atoms with E-state index in [9.17, 15) is 8.42 Å². The maximum absolute atomic E-state index is 12.6. The van der Waals surface area contributed by atoms with Crippen molar-refractivity contribution in [1.29, 1.82) is 0 Å². The molecular weight excluding hydrogens is 290 g/mol. The van der Waals surface area contributed by atoms with Gasteiger partial charge in [0.05, 0.1) is 0 Å². The highest BCUT2D eigenvalue weighted by Crippen LogP contribution is 2.22. The Bertz CT molecular complexity index is 706. The quantitative estimate of drug-likeness (QED) is 0.529. The van der Waals surface area contributed by atoms with Crippen molar-refractivity contribution < 1.29 is 8.42 Å². The minimum Gasteiger partial charge on any atom is -0.306 e. The van der Waals surface area contributed by atoms with Crippen LogP contribution in [0.1, 0.15) is 26.7 Å². The summed E-state index contributed by atoms with van der Waals surface area (Å²) in [6.45, 7) is 4.49. The fraction of sp³-hybridized carbons (Fsp3) is 0.462. The lowest BCUT2D eigenvalue weighted by molar-refractivity contribution is 0.478. The van der Waals surface area contributed by atoms with Gasteiger partial charge in [-0.3, -0.25) is 4.40 Å². The Balaban J connectivity index is 2.39. The molecule has 7 nitrogen and oxygen atoms in total. The van der Waals surface area contributed by atoms with Gasteiger partial charge in [-0.1, -0.05) is 32.8 Å². The van der Waals surface area contributed by atoms with Crippen LogP contribution in [0.2, 0.25) is 0 Å². The molecule has 2 aromatic heterocycles. The van der Waals surface area contributed by atoms with Crippen LogP contribution in [0.5, 0.6) is 0 Å². The molecule has 0 unspecified atom stereocenters. The third-order valence-corrected chi connectivity index (χ3v) is 5.04. The number of anilines is 1. The van der Waals surface area contributed by atoms with Crippen LogP contribution in [0.3, 0.4) is 0 Å². The number of hydrogen-bond acceptors (Lipinski definition) is 5. The molecule has 0 aliphatic heterocycles. The van der Waals surface area contributed by atoms with Gasteiger partial charge in [0, 0.05) is 12.7 Å². The standard InChI is InChI=1S/C13H21N5O2S/c1-3-10(4-2)9-15-21(19,20)13-12(17-14)16-11-7-5-6-8-18(11)13/h5-8,10,15,17H,3-4,9,14H2,1-2H3. The number of nitrogen functional groups attached to an aromatic ring is 1. The van der Waals surface area contributed by atoms with Crippen molar-refractivity contribution in [2.24, 2.45) is 11.8 Å². The number of fused-ring (bicyclic) bond motifs is 1. The fourth-order valence-electron chi connectivity index (χ4n) is 2.20. The highest BCUT2D eigenvalue weighted by molar-refractivity contribution is 7.89. The number of hydrogen-bond donors (Lipinski definition) is 3. The minimum absolute atomic E-state index is 0.0338. The molecule has 2 heterocycles. The number of nitrogens with two attached hydrogens (primary N) is 1. The Morgan fingerprint density at radius 3 is 2.67 bits per heavy atom. The zero-order chi connectivity index (χ0) is 15.5. The summed E-state index contributed by atoms with van der Waals surface area (Å²) in [5.41, 5.74) is 2.88. The summed E-state index contributed by atoms with van der Waals surface area (Å²) in [5, 5.41) is 0.0338. The van der Waals surface area contributed by atoms with Crippen LogP contribution in [-0.4, -0.2) is 24.3 Å². The van der Waals surface area contributed by atoms with E-state index in [0.29, 0.717) is 18.1 Å². The van der Waals surface area contributed by atoms with Crippen molar-refractivity contribution in [2.45, 2.75) is 31.7 Å². The Kier molecular flexibility index (Phi) is 4.81. The number of sulfonamides is 1. The molecule has 0 saturated carbocycles. The molecule has 0 fully saturated rings. The minimum atomic E-state index is -3.69. The molecule has 0 amide bonds. The molecule has 8 heteroatoms. The number of nitrogens with zero attached hydrogens (tertiary/aromatic N) is 2. The van der Waals surface area contributed by atoms with E-state index in [1.54, 1.807) is 24.4 Å². The number of nitrogens with one attached hydrogen (secondary N) is 2. The van der Waals surface area contributed by atoms with Gasteiger partial charge in [0.1, 0.15) is 5.65 Å². The van der Waals surface area contributed by atoms with E-state index in [1.165, 1.54) is 4.40 Å². The first-order chi connectivity index (χ1) is 10.0. The van der Waals surface area contributed by atoms with E-state index in [1.807, 2.05) is 13.8 Å². The molecule has 0 aromatic carbocycles. The van der Waals surface area contributed by atoms with E-state index in [2.05, 4.69) is 15.1 Å². The topological polar surface area (TPSA) is 102 Å². The summed E-state index contributed by atoms with van der Waals surface area (Å²) in [6.07, 6.45) is 3.50. The highest BCUT2D eigenvalue weighted by Gasteiger charge is 2.25. The summed E-state index contributed by atoms with van der Waals surface area (Å²) < 4.78 is 29.3. The van der Waals surface area contributed by atoms with Crippen LogP contribution < -0.4 is 16.0 Å². The van der Waals surface area contributed by atoms with Crippen molar-refractivity contribution in [3.8, 4) is 0 Å². The summed E-state index contributed by atoms with van der Waals surface area (Å²) in [6, 6.07) is 5.26. The summed E-state index contributed by atoms with van der Waals surface area (Å²) in [7, 11) is -3.69. The largest absolute Gasteiger partial charge is 0.306 e. The van der Waals surface area contributed by atoms with Gasteiger partial charge in [-0.15, -0.1) is 0 Å².